The van der Waals surface area contributed by atoms with Gasteiger partial charge in [0.15, 0.2) is 0 Å². The van der Waals surface area contributed by atoms with Crippen LogP contribution in [0.3, 0.4) is 0 Å². The van der Waals surface area contributed by atoms with Gasteiger partial charge in [-0.1, -0.05) is 42.3 Å². The van der Waals surface area contributed by atoms with Gasteiger partial charge in [-0.25, -0.2) is 8.42 Å². The minimum atomic E-state index is -3.74. The van der Waals surface area contributed by atoms with Crippen LogP contribution < -0.4 is 5.32 Å². The molecular formula is C24H23ClN2O3S. The van der Waals surface area contributed by atoms with Gasteiger partial charge < -0.3 is 5.32 Å². The Morgan fingerprint density at radius 3 is 2.45 bits per heavy atom. The number of hydrogen-bond acceptors (Lipinski definition) is 3. The van der Waals surface area contributed by atoms with Crippen molar-refractivity contribution in [3.8, 4) is 0 Å². The Bertz CT molecular complexity index is 1290. The summed E-state index contributed by atoms with van der Waals surface area (Å²) >= 11 is 6.25. The zero-order chi connectivity index (χ0) is 21.6. The number of rotatable bonds is 4. The summed E-state index contributed by atoms with van der Waals surface area (Å²) in [6.45, 7) is 0.964. The van der Waals surface area contributed by atoms with E-state index in [4.69, 9.17) is 11.6 Å². The second kappa shape index (κ2) is 7.93. The standard InChI is InChI=1S/C24H23ClN2O3S/c25-20-11-9-18(15-22(20)31(29,30)27-13-2-1-3-14-27)24(28)26-21-12-10-17-8-7-16-5-4-6-19(21)23(16)17/h4-6,9-12,15H,1-3,7-8,13-14H2,(H,26,28). The molecule has 0 bridgehead atoms. The number of nitrogens with zero attached hydrogens (tertiary/aromatic N) is 1. The van der Waals surface area contributed by atoms with E-state index in [1.165, 1.54) is 33.0 Å². The van der Waals surface area contributed by atoms with Crippen molar-refractivity contribution >= 4 is 44.0 Å². The van der Waals surface area contributed by atoms with Crippen molar-refractivity contribution in [3.05, 3.63) is 70.2 Å². The molecule has 7 heteroatoms. The molecule has 1 fully saturated rings. The van der Waals surface area contributed by atoms with E-state index >= 15 is 0 Å². The van der Waals surface area contributed by atoms with Crippen molar-refractivity contribution in [1.82, 2.24) is 4.31 Å². The van der Waals surface area contributed by atoms with E-state index in [0.29, 0.717) is 13.1 Å². The molecule has 1 saturated heterocycles. The lowest BCUT2D eigenvalue weighted by Crippen LogP contribution is -2.35. The average Bonchev–Trinajstić information content (AvgIpc) is 3.21. The van der Waals surface area contributed by atoms with Crippen molar-refractivity contribution < 1.29 is 13.2 Å². The molecule has 5 nitrogen and oxygen atoms in total. The number of nitrogens with one attached hydrogen (secondary N) is 1. The van der Waals surface area contributed by atoms with Crippen molar-refractivity contribution in [2.45, 2.75) is 37.0 Å². The van der Waals surface area contributed by atoms with Crippen molar-refractivity contribution in [1.29, 1.82) is 0 Å². The summed E-state index contributed by atoms with van der Waals surface area (Å²) < 4.78 is 27.7. The lowest BCUT2D eigenvalue weighted by atomic mass is 10.0. The molecular weight excluding hydrogens is 432 g/mol. The second-order valence-corrected chi connectivity index (χ2v) is 10.5. The molecule has 1 aliphatic carbocycles. The summed E-state index contributed by atoms with van der Waals surface area (Å²) in [6.07, 6.45) is 4.72. The Hall–Kier alpha value is -2.41. The number of piperidine rings is 1. The van der Waals surface area contributed by atoms with Crippen LogP contribution in [0.4, 0.5) is 5.69 Å². The molecule has 3 aromatic carbocycles. The molecule has 1 aliphatic heterocycles. The van der Waals surface area contributed by atoms with Crippen LogP contribution in [0, 0.1) is 0 Å². The zero-order valence-electron chi connectivity index (χ0n) is 17.0. The number of sulfonamides is 1. The largest absolute Gasteiger partial charge is 0.321 e. The first-order valence-electron chi connectivity index (χ1n) is 10.6. The highest BCUT2D eigenvalue weighted by atomic mass is 35.5. The number of hydrogen-bond donors (Lipinski definition) is 1. The van der Waals surface area contributed by atoms with Gasteiger partial charge >= 0.3 is 0 Å². The SMILES string of the molecule is O=C(Nc1ccc2c3c(cccc13)CC2)c1ccc(Cl)c(S(=O)(=O)N2CCCCC2)c1. The topological polar surface area (TPSA) is 66.5 Å². The molecule has 0 atom stereocenters. The zero-order valence-corrected chi connectivity index (χ0v) is 18.6. The molecule has 0 radical (unpaired) electrons. The Kier molecular flexibility index (Phi) is 5.24. The van der Waals surface area contributed by atoms with Gasteiger partial charge in [0.2, 0.25) is 10.0 Å². The van der Waals surface area contributed by atoms with E-state index in [0.717, 1.165) is 43.2 Å². The van der Waals surface area contributed by atoms with E-state index in [1.807, 2.05) is 18.2 Å². The van der Waals surface area contributed by atoms with Gasteiger partial charge in [-0.05, 0) is 66.5 Å². The maximum Gasteiger partial charge on any atom is 0.255 e. The second-order valence-electron chi connectivity index (χ2n) is 8.18. The third-order valence-electron chi connectivity index (χ3n) is 6.25. The molecule has 3 aromatic rings. The molecule has 5 rings (SSSR count). The average molecular weight is 455 g/mol. The lowest BCUT2D eigenvalue weighted by Gasteiger charge is -2.26. The Balaban J connectivity index is 1.47. The predicted octanol–water partition coefficient (Wildman–Crippen LogP) is 5.02. The summed E-state index contributed by atoms with van der Waals surface area (Å²) in [7, 11) is -3.74. The predicted molar refractivity (Wildman–Crippen MR) is 123 cm³/mol. The summed E-state index contributed by atoms with van der Waals surface area (Å²) in [4.78, 5) is 13.0. The van der Waals surface area contributed by atoms with E-state index in [2.05, 4.69) is 17.4 Å². The smallest absolute Gasteiger partial charge is 0.255 e. The highest BCUT2D eigenvalue weighted by Crippen LogP contribution is 2.35. The van der Waals surface area contributed by atoms with Gasteiger partial charge in [0.05, 0.1) is 5.02 Å². The highest BCUT2D eigenvalue weighted by Gasteiger charge is 2.29. The van der Waals surface area contributed by atoms with Crippen LogP contribution in [0.1, 0.15) is 40.7 Å². The Morgan fingerprint density at radius 2 is 1.68 bits per heavy atom. The van der Waals surface area contributed by atoms with Gasteiger partial charge in [0.25, 0.3) is 5.91 Å². The molecule has 0 saturated carbocycles. The van der Waals surface area contributed by atoms with Gasteiger partial charge in [-0.3, -0.25) is 4.79 Å². The van der Waals surface area contributed by atoms with Crippen LogP contribution >= 0.6 is 11.6 Å². The molecule has 0 aromatic heterocycles. The summed E-state index contributed by atoms with van der Waals surface area (Å²) in [5.74, 6) is -0.356. The third-order valence-corrected chi connectivity index (χ3v) is 8.63. The van der Waals surface area contributed by atoms with Crippen LogP contribution in [0.15, 0.2) is 53.4 Å². The molecule has 1 N–H and O–H groups in total. The van der Waals surface area contributed by atoms with Crippen LogP contribution in [0.5, 0.6) is 0 Å². The summed E-state index contributed by atoms with van der Waals surface area (Å²) in [5, 5.41) is 5.33. The van der Waals surface area contributed by atoms with E-state index in [9.17, 15) is 13.2 Å². The van der Waals surface area contributed by atoms with Gasteiger partial charge in [-0.15, -0.1) is 0 Å². The molecule has 31 heavy (non-hydrogen) atoms. The maximum absolute atomic E-state index is 13.1. The van der Waals surface area contributed by atoms with Crippen molar-refractivity contribution in [2.24, 2.45) is 0 Å². The summed E-state index contributed by atoms with van der Waals surface area (Å²) in [6, 6.07) is 14.6. The Morgan fingerprint density at radius 1 is 0.935 bits per heavy atom. The number of carbonyl (C=O) groups excluding carboxylic acids is 1. The van der Waals surface area contributed by atoms with Crippen LogP contribution in [0.25, 0.3) is 10.8 Å². The van der Waals surface area contributed by atoms with Crippen molar-refractivity contribution in [3.63, 3.8) is 0 Å². The molecule has 0 spiro atoms. The number of carbonyl (C=O) groups is 1. The molecule has 2 aliphatic rings. The monoisotopic (exact) mass is 454 g/mol. The number of anilines is 1. The fraction of sp³-hybridized carbons (Fsp3) is 0.292. The fourth-order valence-electron chi connectivity index (χ4n) is 4.64. The maximum atomic E-state index is 13.1. The minimum absolute atomic E-state index is 0.0101. The summed E-state index contributed by atoms with van der Waals surface area (Å²) in [5.41, 5.74) is 3.58. The Labute approximate surface area is 187 Å². The van der Waals surface area contributed by atoms with Gasteiger partial charge in [-0.2, -0.15) is 4.31 Å². The van der Waals surface area contributed by atoms with E-state index < -0.39 is 10.0 Å². The third kappa shape index (κ3) is 3.63. The molecule has 0 unspecified atom stereocenters. The molecule has 1 amide bonds. The van der Waals surface area contributed by atoms with Crippen LogP contribution in [-0.4, -0.2) is 31.7 Å². The first kappa shape index (κ1) is 20.5. The lowest BCUT2D eigenvalue weighted by molar-refractivity contribution is 0.102. The van der Waals surface area contributed by atoms with E-state index in [1.54, 1.807) is 6.07 Å². The number of amides is 1. The van der Waals surface area contributed by atoms with Crippen LogP contribution in [0.2, 0.25) is 5.02 Å². The quantitative estimate of drug-likeness (QED) is 0.602. The first-order chi connectivity index (χ1) is 14.9. The number of halogens is 1. The number of aryl methyl sites for hydroxylation is 2. The molecule has 160 valence electrons. The minimum Gasteiger partial charge on any atom is -0.321 e. The highest BCUT2D eigenvalue weighted by molar-refractivity contribution is 7.89. The van der Waals surface area contributed by atoms with E-state index in [-0.39, 0.29) is 21.4 Å². The fourth-order valence-corrected chi connectivity index (χ4v) is 6.65. The van der Waals surface area contributed by atoms with Gasteiger partial charge in [0.1, 0.15) is 4.90 Å². The molecule has 1 heterocycles. The van der Waals surface area contributed by atoms with Crippen LogP contribution in [-0.2, 0) is 22.9 Å². The first-order valence-corrected chi connectivity index (χ1v) is 12.4. The van der Waals surface area contributed by atoms with Gasteiger partial charge in [0, 0.05) is 29.7 Å². The number of benzene rings is 3. The van der Waals surface area contributed by atoms with Crippen molar-refractivity contribution in [2.75, 3.05) is 18.4 Å². The normalized spacial score (nSPS) is 16.5.